The first-order valence-electron chi connectivity index (χ1n) is 8.08. The molecule has 3 heterocycles. The van der Waals surface area contributed by atoms with E-state index in [9.17, 15) is 4.79 Å². The van der Waals surface area contributed by atoms with Gasteiger partial charge in [-0.2, -0.15) is 4.98 Å². The van der Waals surface area contributed by atoms with E-state index in [1.165, 1.54) is 0 Å². The molecule has 0 aliphatic heterocycles. The average molecular weight is 364 g/mol. The van der Waals surface area contributed by atoms with Gasteiger partial charge in [0.1, 0.15) is 0 Å². The Morgan fingerprint density at radius 2 is 1.96 bits per heavy atom. The molecular formula is C18H16N6OS. The number of carbonyl (C=O) groups excluding carboxylic acids is 1. The topological polar surface area (TPSA) is 85.1 Å². The van der Waals surface area contributed by atoms with Crippen LogP contribution in [-0.4, -0.2) is 30.5 Å². The second-order valence-electron chi connectivity index (χ2n) is 5.86. The van der Waals surface area contributed by atoms with Crippen LogP contribution in [0.1, 0.15) is 26.9 Å². The Hall–Kier alpha value is -3.13. The van der Waals surface area contributed by atoms with Crippen LogP contribution in [0, 0.1) is 13.8 Å². The van der Waals surface area contributed by atoms with Crippen LogP contribution in [0.4, 0.5) is 0 Å². The molecule has 0 radical (unpaired) electrons. The van der Waals surface area contributed by atoms with Gasteiger partial charge in [0.25, 0.3) is 11.7 Å². The smallest absolute Gasteiger partial charge is 0.291 e. The van der Waals surface area contributed by atoms with Crippen LogP contribution in [0.25, 0.3) is 17.0 Å². The van der Waals surface area contributed by atoms with E-state index in [-0.39, 0.29) is 11.7 Å². The largest absolute Gasteiger partial charge is 0.345 e. The van der Waals surface area contributed by atoms with E-state index in [4.69, 9.17) is 0 Å². The molecule has 0 unspecified atom stereocenters. The van der Waals surface area contributed by atoms with Gasteiger partial charge in [-0.15, -0.1) is 16.4 Å². The molecule has 130 valence electrons. The summed E-state index contributed by atoms with van der Waals surface area (Å²) in [6, 6.07) is 9.79. The summed E-state index contributed by atoms with van der Waals surface area (Å²) in [6.07, 6.45) is 1.65. The molecule has 0 saturated carbocycles. The summed E-state index contributed by atoms with van der Waals surface area (Å²) < 4.78 is 1.56. The van der Waals surface area contributed by atoms with E-state index in [0.717, 1.165) is 27.5 Å². The van der Waals surface area contributed by atoms with Crippen molar-refractivity contribution in [2.75, 3.05) is 0 Å². The van der Waals surface area contributed by atoms with Gasteiger partial charge in [0.2, 0.25) is 5.82 Å². The molecule has 26 heavy (non-hydrogen) atoms. The SMILES string of the molecule is Cc1nc(-c2ccc(CNC(=O)c3nc4nccc(C)n4n3)cc2)cs1. The Balaban J connectivity index is 1.44. The van der Waals surface area contributed by atoms with Crippen LogP contribution in [0.5, 0.6) is 0 Å². The van der Waals surface area contributed by atoms with Crippen molar-refractivity contribution in [1.82, 2.24) is 29.9 Å². The first kappa shape index (κ1) is 16.3. The molecular weight excluding hydrogens is 348 g/mol. The predicted octanol–water partition coefficient (Wildman–Crippen LogP) is 2.79. The highest BCUT2D eigenvalue weighted by Gasteiger charge is 2.14. The Bertz CT molecular complexity index is 1080. The minimum atomic E-state index is -0.325. The third-order valence-corrected chi connectivity index (χ3v) is 4.73. The molecule has 8 heteroatoms. The predicted molar refractivity (Wildman–Crippen MR) is 99.0 cm³/mol. The number of hydrogen-bond donors (Lipinski definition) is 1. The Morgan fingerprint density at radius 3 is 2.65 bits per heavy atom. The molecule has 0 spiro atoms. The standard InChI is InChI=1S/C18H16N6OS/c1-11-7-8-19-18-22-16(23-24(11)18)17(25)20-9-13-3-5-14(6-4-13)15-10-26-12(2)21-15/h3-8,10H,9H2,1-2H3,(H,20,25). The molecule has 0 aliphatic rings. The zero-order chi connectivity index (χ0) is 18.1. The van der Waals surface area contributed by atoms with Gasteiger partial charge in [-0.25, -0.2) is 14.5 Å². The molecule has 1 amide bonds. The summed E-state index contributed by atoms with van der Waals surface area (Å²) in [5.74, 6) is 0.202. The third kappa shape index (κ3) is 3.18. The highest BCUT2D eigenvalue weighted by Crippen LogP contribution is 2.21. The van der Waals surface area contributed by atoms with Crippen molar-refractivity contribution in [3.05, 3.63) is 64.0 Å². The van der Waals surface area contributed by atoms with Gasteiger partial charge in [-0.05, 0) is 25.5 Å². The lowest BCUT2D eigenvalue weighted by Crippen LogP contribution is -2.24. The lowest BCUT2D eigenvalue weighted by Gasteiger charge is -2.04. The molecule has 0 saturated heterocycles. The Labute approximate surface area is 153 Å². The average Bonchev–Trinajstić information content (AvgIpc) is 3.27. The maximum absolute atomic E-state index is 12.3. The van der Waals surface area contributed by atoms with Gasteiger partial charge < -0.3 is 5.32 Å². The number of hydrogen-bond acceptors (Lipinski definition) is 6. The molecule has 1 N–H and O–H groups in total. The molecule has 7 nitrogen and oxygen atoms in total. The number of fused-ring (bicyclic) bond motifs is 1. The second-order valence-corrected chi connectivity index (χ2v) is 6.93. The van der Waals surface area contributed by atoms with E-state index in [0.29, 0.717) is 12.3 Å². The van der Waals surface area contributed by atoms with E-state index >= 15 is 0 Å². The van der Waals surface area contributed by atoms with Gasteiger partial charge in [-0.3, -0.25) is 4.79 Å². The summed E-state index contributed by atoms with van der Waals surface area (Å²) in [7, 11) is 0. The number of aryl methyl sites for hydroxylation is 2. The molecule has 1 aromatic carbocycles. The fourth-order valence-corrected chi connectivity index (χ4v) is 3.18. The van der Waals surface area contributed by atoms with Crippen LogP contribution >= 0.6 is 11.3 Å². The van der Waals surface area contributed by atoms with E-state index < -0.39 is 0 Å². The van der Waals surface area contributed by atoms with Crippen molar-refractivity contribution in [1.29, 1.82) is 0 Å². The molecule has 0 bridgehead atoms. The summed E-state index contributed by atoms with van der Waals surface area (Å²) >= 11 is 1.63. The van der Waals surface area contributed by atoms with E-state index in [1.807, 2.05) is 49.6 Å². The van der Waals surface area contributed by atoms with Crippen LogP contribution in [0.15, 0.2) is 41.9 Å². The van der Waals surface area contributed by atoms with Gasteiger partial charge in [0, 0.05) is 29.4 Å². The number of benzene rings is 1. The van der Waals surface area contributed by atoms with Gasteiger partial charge in [0.15, 0.2) is 0 Å². The van der Waals surface area contributed by atoms with Crippen molar-refractivity contribution in [2.45, 2.75) is 20.4 Å². The second kappa shape index (κ2) is 6.64. The zero-order valence-corrected chi connectivity index (χ0v) is 15.1. The summed E-state index contributed by atoms with van der Waals surface area (Å²) in [5.41, 5.74) is 3.90. The molecule has 4 aromatic rings. The quantitative estimate of drug-likeness (QED) is 0.602. The summed E-state index contributed by atoms with van der Waals surface area (Å²) in [6.45, 7) is 4.27. The summed E-state index contributed by atoms with van der Waals surface area (Å²) in [4.78, 5) is 25.1. The minimum absolute atomic E-state index is 0.112. The number of aromatic nitrogens is 5. The molecule has 0 fully saturated rings. The van der Waals surface area contributed by atoms with Crippen LogP contribution in [0.3, 0.4) is 0 Å². The zero-order valence-electron chi connectivity index (χ0n) is 14.3. The number of rotatable bonds is 4. The fourth-order valence-electron chi connectivity index (χ4n) is 2.55. The van der Waals surface area contributed by atoms with Crippen molar-refractivity contribution in [3.8, 4) is 11.3 Å². The number of nitrogens with one attached hydrogen (secondary N) is 1. The first-order chi connectivity index (χ1) is 12.6. The molecule has 4 rings (SSSR count). The molecule has 0 aliphatic carbocycles. The highest BCUT2D eigenvalue weighted by atomic mass is 32.1. The number of carbonyl (C=O) groups is 1. The lowest BCUT2D eigenvalue weighted by molar-refractivity contribution is 0.0940. The maximum Gasteiger partial charge on any atom is 0.291 e. The van der Waals surface area contributed by atoms with Crippen LogP contribution in [-0.2, 0) is 6.54 Å². The van der Waals surface area contributed by atoms with Gasteiger partial charge in [0.05, 0.1) is 10.7 Å². The summed E-state index contributed by atoms with van der Waals surface area (Å²) in [5, 5.41) is 10.1. The van der Waals surface area contributed by atoms with Crippen molar-refractivity contribution in [3.63, 3.8) is 0 Å². The minimum Gasteiger partial charge on any atom is -0.345 e. The maximum atomic E-state index is 12.3. The normalized spacial score (nSPS) is 11.0. The van der Waals surface area contributed by atoms with E-state index in [1.54, 1.807) is 22.0 Å². The fraction of sp³-hybridized carbons (Fsp3) is 0.167. The third-order valence-electron chi connectivity index (χ3n) is 3.95. The van der Waals surface area contributed by atoms with Crippen molar-refractivity contribution < 1.29 is 4.79 Å². The number of thiazole rings is 1. The highest BCUT2D eigenvalue weighted by molar-refractivity contribution is 7.09. The number of amides is 1. The number of nitrogens with zero attached hydrogens (tertiary/aromatic N) is 5. The van der Waals surface area contributed by atoms with Crippen LogP contribution < -0.4 is 5.32 Å². The van der Waals surface area contributed by atoms with Crippen molar-refractivity contribution in [2.24, 2.45) is 0 Å². The lowest BCUT2D eigenvalue weighted by atomic mass is 10.1. The monoisotopic (exact) mass is 364 g/mol. The van der Waals surface area contributed by atoms with Gasteiger partial charge in [-0.1, -0.05) is 24.3 Å². The Kier molecular flexibility index (Phi) is 4.18. The first-order valence-corrected chi connectivity index (χ1v) is 8.96. The molecule has 0 atom stereocenters. The van der Waals surface area contributed by atoms with E-state index in [2.05, 4.69) is 25.4 Å². The van der Waals surface area contributed by atoms with Gasteiger partial charge >= 0.3 is 0 Å². The Morgan fingerprint density at radius 1 is 1.15 bits per heavy atom. The molecule has 3 aromatic heterocycles. The van der Waals surface area contributed by atoms with Crippen LogP contribution in [0.2, 0.25) is 0 Å². The van der Waals surface area contributed by atoms with Crippen molar-refractivity contribution >= 4 is 23.0 Å².